The highest BCUT2D eigenvalue weighted by molar-refractivity contribution is 5.99. The Morgan fingerprint density at radius 1 is 0.976 bits per heavy atom. The maximum atomic E-state index is 11.9. The van der Waals surface area contributed by atoms with Crippen molar-refractivity contribution in [2.24, 2.45) is 0 Å². The number of aromatic nitrogens is 1. The van der Waals surface area contributed by atoms with Gasteiger partial charge in [0.15, 0.2) is 0 Å². The van der Waals surface area contributed by atoms with E-state index in [9.17, 15) is 14.7 Å². The number of rotatable bonds is 6. The third kappa shape index (κ3) is 5.30. The lowest BCUT2D eigenvalue weighted by Gasteiger charge is -2.37. The summed E-state index contributed by atoms with van der Waals surface area (Å²) in [4.78, 5) is 30.6. The van der Waals surface area contributed by atoms with Crippen LogP contribution < -0.4 is 4.90 Å². The first-order chi connectivity index (χ1) is 20.0. The molecule has 1 saturated heterocycles. The van der Waals surface area contributed by atoms with E-state index in [0.29, 0.717) is 17.5 Å². The highest BCUT2D eigenvalue weighted by Gasteiger charge is 2.31. The number of methoxy groups -OCH3 is 1. The van der Waals surface area contributed by atoms with Crippen molar-refractivity contribution in [1.29, 1.82) is 0 Å². The van der Waals surface area contributed by atoms with E-state index in [-0.39, 0.29) is 6.09 Å². The molecule has 2 aliphatic heterocycles. The molecular weight excluding hydrogens is 516 g/mol. The van der Waals surface area contributed by atoms with Crippen molar-refractivity contribution in [2.75, 3.05) is 51.8 Å². The van der Waals surface area contributed by atoms with Crippen LogP contribution in [0.1, 0.15) is 66.8 Å². The number of carboxylic acid groups (broad SMARTS) is 1. The lowest BCUT2D eigenvalue weighted by Crippen LogP contribution is -2.47. The number of benzene rings is 2. The number of carbonyl (C=O) groups excluding carboxylic acids is 1. The average Bonchev–Trinajstić information content (AvgIpc) is 3.25. The fourth-order valence-electron chi connectivity index (χ4n) is 7.44. The zero-order valence-corrected chi connectivity index (χ0v) is 24.3. The van der Waals surface area contributed by atoms with Gasteiger partial charge in [-0.15, -0.1) is 0 Å². The van der Waals surface area contributed by atoms with Crippen LogP contribution >= 0.6 is 0 Å². The molecule has 218 valence electrons. The minimum absolute atomic E-state index is 0.230. The summed E-state index contributed by atoms with van der Waals surface area (Å²) in [5, 5.41) is 11.0. The maximum Gasteiger partial charge on any atom is 0.409 e. The molecule has 0 atom stereocenters. The van der Waals surface area contributed by atoms with Crippen molar-refractivity contribution in [2.45, 2.75) is 63.5 Å². The first-order valence-corrected chi connectivity index (χ1v) is 15.2. The summed E-state index contributed by atoms with van der Waals surface area (Å²) in [6, 6.07) is 15.0. The minimum atomic E-state index is -0.877. The lowest BCUT2D eigenvalue weighted by atomic mass is 9.81. The quantitative estimate of drug-likeness (QED) is 0.398. The molecule has 3 aliphatic rings. The fraction of sp³-hybridized carbons (Fsp3) is 0.515. The molecule has 8 nitrogen and oxygen atoms in total. The van der Waals surface area contributed by atoms with Crippen molar-refractivity contribution in [1.82, 2.24) is 14.4 Å². The molecule has 0 bridgehead atoms. The SMILES string of the molecule is COC(=O)N1CCC(N(C)CCN2CCn3c(c(C4CCCCC4)c4ccc(C(=O)O)cc43)-c3ccccc32)CC1. The molecule has 1 aliphatic carbocycles. The normalized spacial score (nSPS) is 18.3. The third-order valence-corrected chi connectivity index (χ3v) is 9.70. The Balaban J connectivity index is 1.30. The molecule has 41 heavy (non-hydrogen) atoms. The fourth-order valence-corrected chi connectivity index (χ4v) is 7.44. The Labute approximate surface area is 242 Å². The number of nitrogens with zero attached hydrogens (tertiary/aromatic N) is 4. The van der Waals surface area contributed by atoms with Gasteiger partial charge in [0, 0.05) is 67.5 Å². The molecule has 1 N–H and O–H groups in total. The Hall–Kier alpha value is -3.52. The number of para-hydroxylation sites is 1. The number of likely N-dealkylation sites (tertiary alicyclic amines) is 1. The number of carboxylic acids is 1. The van der Waals surface area contributed by atoms with Gasteiger partial charge >= 0.3 is 12.1 Å². The van der Waals surface area contributed by atoms with Crippen LogP contribution in [0.4, 0.5) is 10.5 Å². The van der Waals surface area contributed by atoms with Gasteiger partial charge in [-0.05, 0) is 62.4 Å². The summed E-state index contributed by atoms with van der Waals surface area (Å²) in [6.45, 7) is 5.00. The zero-order valence-electron chi connectivity index (χ0n) is 24.3. The van der Waals surface area contributed by atoms with E-state index in [0.717, 1.165) is 57.6 Å². The van der Waals surface area contributed by atoms with Crippen LogP contribution in [0.5, 0.6) is 0 Å². The predicted molar refractivity (Wildman–Crippen MR) is 162 cm³/mol. The summed E-state index contributed by atoms with van der Waals surface area (Å²) in [5.74, 6) is -0.377. The van der Waals surface area contributed by atoms with Gasteiger partial charge in [0.2, 0.25) is 0 Å². The van der Waals surface area contributed by atoms with Gasteiger partial charge in [-0.25, -0.2) is 9.59 Å². The number of aromatic carboxylic acids is 1. The van der Waals surface area contributed by atoms with E-state index in [4.69, 9.17) is 4.74 Å². The second-order valence-electron chi connectivity index (χ2n) is 12.0. The topological polar surface area (TPSA) is 78.2 Å². The van der Waals surface area contributed by atoms with Gasteiger partial charge in [-0.2, -0.15) is 0 Å². The van der Waals surface area contributed by atoms with E-state index >= 15 is 0 Å². The van der Waals surface area contributed by atoms with E-state index in [2.05, 4.69) is 51.7 Å². The maximum absolute atomic E-state index is 11.9. The van der Waals surface area contributed by atoms with Gasteiger partial charge < -0.3 is 29.1 Å². The molecule has 1 aromatic heterocycles. The highest BCUT2D eigenvalue weighted by Crippen LogP contribution is 2.47. The Morgan fingerprint density at radius 3 is 2.46 bits per heavy atom. The summed E-state index contributed by atoms with van der Waals surface area (Å²) in [5.41, 5.74) is 6.62. The first kappa shape index (κ1) is 27.6. The van der Waals surface area contributed by atoms with Crippen LogP contribution in [-0.2, 0) is 11.3 Å². The zero-order chi connectivity index (χ0) is 28.5. The Morgan fingerprint density at radius 2 is 1.73 bits per heavy atom. The second-order valence-corrected chi connectivity index (χ2v) is 12.0. The second kappa shape index (κ2) is 11.8. The number of likely N-dealkylation sites (N-methyl/N-ethyl adjacent to an activating group) is 1. The molecule has 1 amide bonds. The van der Waals surface area contributed by atoms with Crippen LogP contribution in [0.2, 0.25) is 0 Å². The molecule has 0 spiro atoms. The van der Waals surface area contributed by atoms with Gasteiger partial charge in [0.1, 0.15) is 0 Å². The number of piperidine rings is 1. The molecule has 1 saturated carbocycles. The summed E-state index contributed by atoms with van der Waals surface area (Å²) in [6.07, 6.45) is 7.87. The Kier molecular flexibility index (Phi) is 7.93. The van der Waals surface area contributed by atoms with Gasteiger partial charge in [-0.1, -0.05) is 43.5 Å². The molecule has 2 aromatic carbocycles. The van der Waals surface area contributed by atoms with Crippen molar-refractivity contribution in [3.63, 3.8) is 0 Å². The van der Waals surface area contributed by atoms with Gasteiger partial charge in [0.25, 0.3) is 0 Å². The van der Waals surface area contributed by atoms with E-state index in [1.54, 1.807) is 11.0 Å². The molecule has 0 radical (unpaired) electrons. The Bertz CT molecular complexity index is 1420. The van der Waals surface area contributed by atoms with Crippen LogP contribution in [0, 0.1) is 0 Å². The van der Waals surface area contributed by atoms with E-state index in [1.165, 1.54) is 67.1 Å². The molecule has 2 fully saturated rings. The molecule has 0 unspecified atom stereocenters. The van der Waals surface area contributed by atoms with Crippen LogP contribution in [0.3, 0.4) is 0 Å². The van der Waals surface area contributed by atoms with Crippen molar-refractivity contribution in [3.8, 4) is 11.3 Å². The summed E-state index contributed by atoms with van der Waals surface area (Å²) < 4.78 is 7.32. The monoisotopic (exact) mass is 558 g/mol. The molecule has 6 rings (SSSR count). The number of fused-ring (bicyclic) bond motifs is 5. The van der Waals surface area contributed by atoms with E-state index in [1.807, 2.05) is 6.07 Å². The smallest absolute Gasteiger partial charge is 0.409 e. The van der Waals surface area contributed by atoms with Crippen molar-refractivity contribution in [3.05, 3.63) is 53.6 Å². The molecular formula is C33H42N4O4. The minimum Gasteiger partial charge on any atom is -0.478 e. The van der Waals surface area contributed by atoms with E-state index < -0.39 is 5.97 Å². The number of hydrogen-bond donors (Lipinski definition) is 1. The largest absolute Gasteiger partial charge is 0.478 e. The predicted octanol–water partition coefficient (Wildman–Crippen LogP) is 6.04. The lowest BCUT2D eigenvalue weighted by molar-refractivity contribution is 0.0696. The molecule has 8 heteroatoms. The summed E-state index contributed by atoms with van der Waals surface area (Å²) >= 11 is 0. The molecule has 3 aromatic rings. The standard InChI is InChI=1S/C33H42N4O4/c1-34(25-14-16-36(17-15-25)33(40)41-2)18-19-35-20-21-37-29-22-24(32(38)39)12-13-26(29)30(23-8-4-3-5-9-23)31(37)27-10-6-7-11-28(27)35/h6-7,10-13,22-23,25H,3-5,8-9,14-21H2,1-2H3,(H,38,39). The van der Waals surface area contributed by atoms with Crippen LogP contribution in [0.15, 0.2) is 42.5 Å². The van der Waals surface area contributed by atoms with Crippen LogP contribution in [-0.4, -0.2) is 84.5 Å². The van der Waals surface area contributed by atoms with Crippen molar-refractivity contribution >= 4 is 28.7 Å². The van der Waals surface area contributed by atoms with Crippen LogP contribution in [0.25, 0.3) is 22.2 Å². The number of carbonyl (C=O) groups is 2. The van der Waals surface area contributed by atoms with Gasteiger partial charge in [-0.3, -0.25) is 0 Å². The number of hydrogen-bond acceptors (Lipinski definition) is 5. The highest BCUT2D eigenvalue weighted by atomic mass is 16.5. The average molecular weight is 559 g/mol. The van der Waals surface area contributed by atoms with Gasteiger partial charge in [0.05, 0.1) is 18.4 Å². The van der Waals surface area contributed by atoms with Crippen molar-refractivity contribution < 1.29 is 19.4 Å². The number of anilines is 1. The number of ether oxygens (including phenoxy) is 1. The molecule has 3 heterocycles. The first-order valence-electron chi connectivity index (χ1n) is 15.2. The third-order valence-electron chi connectivity index (χ3n) is 9.70. The number of amides is 1. The summed E-state index contributed by atoms with van der Waals surface area (Å²) in [7, 11) is 3.65.